The van der Waals surface area contributed by atoms with E-state index >= 15 is 0 Å². The number of hydrazone groups is 1. The Hall–Kier alpha value is -2.89. The Morgan fingerprint density at radius 1 is 1.25 bits per heavy atom. The summed E-state index contributed by atoms with van der Waals surface area (Å²) in [7, 11) is 0. The summed E-state index contributed by atoms with van der Waals surface area (Å²) in [6, 6.07) is 10.1. The van der Waals surface area contributed by atoms with E-state index in [9.17, 15) is 9.59 Å². The van der Waals surface area contributed by atoms with Crippen molar-refractivity contribution in [2.45, 2.75) is 6.92 Å². The molecule has 102 valence electrons. The molecule has 2 N–H and O–H groups in total. The third kappa shape index (κ3) is 3.11. The standard InChI is InChI=1S/C14H13N3O3/c1-10(18)16-15-9-13-3-2-8-17(13)12-6-4-11(5-7-12)14(19)20/h2-9H,1H3,(H,16,18)(H,19,20)/b15-9+. The van der Waals surface area contributed by atoms with E-state index in [-0.39, 0.29) is 11.5 Å². The second kappa shape index (κ2) is 5.83. The summed E-state index contributed by atoms with van der Waals surface area (Å²) in [5.41, 5.74) is 4.13. The molecule has 0 radical (unpaired) electrons. The molecule has 0 bridgehead atoms. The largest absolute Gasteiger partial charge is 0.478 e. The number of carboxylic acids is 1. The van der Waals surface area contributed by atoms with Gasteiger partial charge in [-0.15, -0.1) is 0 Å². The van der Waals surface area contributed by atoms with Crippen LogP contribution < -0.4 is 5.43 Å². The van der Waals surface area contributed by atoms with Crippen LogP contribution in [-0.2, 0) is 4.79 Å². The molecule has 0 unspecified atom stereocenters. The van der Waals surface area contributed by atoms with Gasteiger partial charge in [-0.2, -0.15) is 5.10 Å². The molecule has 1 aromatic heterocycles. The first-order valence-corrected chi connectivity index (χ1v) is 5.88. The Labute approximate surface area is 115 Å². The first-order valence-electron chi connectivity index (χ1n) is 5.88. The average Bonchev–Trinajstić information content (AvgIpc) is 2.87. The van der Waals surface area contributed by atoms with E-state index in [2.05, 4.69) is 10.5 Å². The Bertz CT molecular complexity index is 657. The number of aromatic carboxylic acids is 1. The van der Waals surface area contributed by atoms with Crippen LogP contribution in [0.25, 0.3) is 5.69 Å². The number of nitrogens with zero attached hydrogens (tertiary/aromatic N) is 2. The van der Waals surface area contributed by atoms with E-state index in [0.717, 1.165) is 11.4 Å². The Balaban J connectivity index is 2.25. The van der Waals surface area contributed by atoms with Crippen molar-refractivity contribution >= 4 is 18.1 Å². The van der Waals surface area contributed by atoms with Gasteiger partial charge in [-0.3, -0.25) is 4.79 Å². The number of amides is 1. The maximum absolute atomic E-state index is 10.8. The fraction of sp³-hybridized carbons (Fsp3) is 0.0714. The molecule has 2 aromatic rings. The molecule has 0 saturated carbocycles. The van der Waals surface area contributed by atoms with E-state index in [4.69, 9.17) is 5.11 Å². The summed E-state index contributed by atoms with van der Waals surface area (Å²) >= 11 is 0. The van der Waals surface area contributed by atoms with Gasteiger partial charge in [-0.1, -0.05) is 0 Å². The van der Waals surface area contributed by atoms with Gasteiger partial charge in [-0.25, -0.2) is 10.2 Å². The van der Waals surface area contributed by atoms with Crippen molar-refractivity contribution in [3.8, 4) is 5.69 Å². The van der Waals surface area contributed by atoms with Gasteiger partial charge in [0, 0.05) is 18.8 Å². The van der Waals surface area contributed by atoms with Crippen LogP contribution in [0.3, 0.4) is 0 Å². The molecular weight excluding hydrogens is 258 g/mol. The van der Waals surface area contributed by atoms with Crippen molar-refractivity contribution in [2.24, 2.45) is 5.10 Å². The Morgan fingerprint density at radius 3 is 2.55 bits per heavy atom. The lowest BCUT2D eigenvalue weighted by atomic mass is 10.2. The normalized spacial score (nSPS) is 10.7. The first-order chi connectivity index (χ1) is 9.58. The van der Waals surface area contributed by atoms with Gasteiger partial charge >= 0.3 is 5.97 Å². The van der Waals surface area contributed by atoms with Gasteiger partial charge in [-0.05, 0) is 36.4 Å². The monoisotopic (exact) mass is 271 g/mol. The summed E-state index contributed by atoms with van der Waals surface area (Å²) < 4.78 is 1.83. The first kappa shape index (κ1) is 13.5. The number of carboxylic acid groups (broad SMARTS) is 1. The molecule has 1 aromatic carbocycles. The minimum absolute atomic E-state index is 0.231. The minimum Gasteiger partial charge on any atom is -0.478 e. The van der Waals surface area contributed by atoms with Crippen LogP contribution in [0.5, 0.6) is 0 Å². The lowest BCUT2D eigenvalue weighted by Gasteiger charge is -2.06. The molecule has 0 aliphatic carbocycles. The highest BCUT2D eigenvalue weighted by atomic mass is 16.4. The minimum atomic E-state index is -0.962. The molecule has 1 amide bonds. The molecule has 0 fully saturated rings. The lowest BCUT2D eigenvalue weighted by Crippen LogP contribution is -2.12. The third-order valence-electron chi connectivity index (χ3n) is 2.59. The number of carbonyl (C=O) groups excluding carboxylic acids is 1. The highest BCUT2D eigenvalue weighted by Crippen LogP contribution is 2.13. The molecule has 2 rings (SSSR count). The van der Waals surface area contributed by atoms with Crippen molar-refractivity contribution in [3.63, 3.8) is 0 Å². The molecule has 1 heterocycles. The number of hydrogen-bond donors (Lipinski definition) is 2. The highest BCUT2D eigenvalue weighted by molar-refractivity contribution is 5.88. The number of carbonyl (C=O) groups is 2. The molecule has 0 spiro atoms. The van der Waals surface area contributed by atoms with Gasteiger partial charge in [0.2, 0.25) is 5.91 Å². The topological polar surface area (TPSA) is 83.7 Å². The zero-order valence-electron chi connectivity index (χ0n) is 10.8. The second-order valence-electron chi connectivity index (χ2n) is 4.08. The van der Waals surface area contributed by atoms with Crippen LogP contribution in [0.1, 0.15) is 23.0 Å². The number of hydrogen-bond acceptors (Lipinski definition) is 3. The van der Waals surface area contributed by atoms with Crippen LogP contribution >= 0.6 is 0 Å². The summed E-state index contributed by atoms with van der Waals surface area (Å²) in [6.07, 6.45) is 3.34. The second-order valence-corrected chi connectivity index (χ2v) is 4.08. The molecule has 0 saturated heterocycles. The van der Waals surface area contributed by atoms with E-state index < -0.39 is 5.97 Å². The molecule has 0 aliphatic heterocycles. The average molecular weight is 271 g/mol. The molecule has 0 atom stereocenters. The summed E-state index contributed by atoms with van der Waals surface area (Å²) in [6.45, 7) is 1.38. The van der Waals surface area contributed by atoms with Crippen molar-refractivity contribution in [1.82, 2.24) is 9.99 Å². The van der Waals surface area contributed by atoms with Crippen molar-refractivity contribution < 1.29 is 14.7 Å². The summed E-state index contributed by atoms with van der Waals surface area (Å²) in [4.78, 5) is 21.5. The fourth-order valence-electron chi connectivity index (χ4n) is 1.69. The quantitative estimate of drug-likeness (QED) is 0.655. The summed E-state index contributed by atoms with van der Waals surface area (Å²) in [5, 5.41) is 12.7. The summed E-state index contributed by atoms with van der Waals surface area (Å²) in [5.74, 6) is -1.21. The van der Waals surface area contributed by atoms with Gasteiger partial charge in [0.05, 0.1) is 17.5 Å². The molecule has 20 heavy (non-hydrogen) atoms. The van der Waals surface area contributed by atoms with E-state index in [1.165, 1.54) is 25.3 Å². The Morgan fingerprint density at radius 2 is 1.95 bits per heavy atom. The molecule has 0 aliphatic rings. The SMILES string of the molecule is CC(=O)N/N=C/c1cccn1-c1ccc(C(=O)O)cc1. The van der Waals surface area contributed by atoms with Crippen molar-refractivity contribution in [3.05, 3.63) is 53.9 Å². The van der Waals surface area contributed by atoms with Gasteiger partial charge in [0.15, 0.2) is 0 Å². The zero-order chi connectivity index (χ0) is 14.5. The van der Waals surface area contributed by atoms with Crippen LogP contribution in [0.15, 0.2) is 47.7 Å². The smallest absolute Gasteiger partial charge is 0.335 e. The van der Waals surface area contributed by atoms with Crippen molar-refractivity contribution in [2.75, 3.05) is 0 Å². The lowest BCUT2D eigenvalue weighted by molar-refractivity contribution is -0.118. The Kier molecular flexibility index (Phi) is 3.95. The van der Waals surface area contributed by atoms with Crippen molar-refractivity contribution in [1.29, 1.82) is 0 Å². The predicted octanol–water partition coefficient (Wildman–Crippen LogP) is 1.65. The van der Waals surface area contributed by atoms with Gasteiger partial charge < -0.3 is 9.67 Å². The van der Waals surface area contributed by atoms with E-state index in [0.29, 0.717) is 0 Å². The van der Waals surface area contributed by atoms with E-state index in [1.54, 1.807) is 12.1 Å². The molecular formula is C14H13N3O3. The number of benzene rings is 1. The third-order valence-corrected chi connectivity index (χ3v) is 2.59. The fourth-order valence-corrected chi connectivity index (χ4v) is 1.69. The maximum Gasteiger partial charge on any atom is 0.335 e. The molecule has 6 nitrogen and oxygen atoms in total. The van der Waals surface area contributed by atoms with Crippen LogP contribution in [0.4, 0.5) is 0 Å². The number of rotatable bonds is 4. The van der Waals surface area contributed by atoms with Crippen LogP contribution in [-0.4, -0.2) is 27.8 Å². The van der Waals surface area contributed by atoms with Crippen LogP contribution in [0.2, 0.25) is 0 Å². The maximum atomic E-state index is 10.8. The van der Waals surface area contributed by atoms with Crippen LogP contribution in [0, 0.1) is 0 Å². The zero-order valence-corrected chi connectivity index (χ0v) is 10.8. The number of aromatic nitrogens is 1. The van der Waals surface area contributed by atoms with Gasteiger partial charge in [0.1, 0.15) is 0 Å². The number of nitrogens with one attached hydrogen (secondary N) is 1. The van der Waals surface area contributed by atoms with Gasteiger partial charge in [0.25, 0.3) is 0 Å². The van der Waals surface area contributed by atoms with E-state index in [1.807, 2.05) is 22.9 Å². The predicted molar refractivity (Wildman–Crippen MR) is 74.1 cm³/mol. The highest BCUT2D eigenvalue weighted by Gasteiger charge is 2.04. The molecule has 6 heteroatoms.